The van der Waals surface area contributed by atoms with Crippen LogP contribution < -0.4 is 5.32 Å². The molecule has 4 heteroatoms. The van der Waals surface area contributed by atoms with Gasteiger partial charge in [0.1, 0.15) is 11.5 Å². The molecule has 2 nitrogen and oxygen atoms in total. The van der Waals surface area contributed by atoms with Gasteiger partial charge < -0.3 is 4.74 Å². The summed E-state index contributed by atoms with van der Waals surface area (Å²) < 4.78 is 18.7. The maximum absolute atomic E-state index is 12.8. The standard InChI is InChI=1S/C13H18FNO.ClH/c1-12(2)8-15-13(3,16-9-12)10-4-6-11(14)7-5-10;/h4-7,15H,8-9H2,1-3H3;1H. The minimum Gasteiger partial charge on any atom is -0.356 e. The van der Waals surface area contributed by atoms with E-state index in [9.17, 15) is 4.39 Å². The van der Waals surface area contributed by atoms with Crippen molar-refractivity contribution in [1.29, 1.82) is 0 Å². The highest BCUT2D eigenvalue weighted by Gasteiger charge is 2.36. The number of hydrogen-bond acceptors (Lipinski definition) is 2. The Morgan fingerprint density at radius 2 is 1.76 bits per heavy atom. The SMILES string of the molecule is CC1(C)CNC(C)(c2ccc(F)cc2)OC1.Cl. The lowest BCUT2D eigenvalue weighted by atomic mass is 9.90. The molecule has 0 saturated carbocycles. The molecular formula is C13H19ClFNO. The Labute approximate surface area is 108 Å². The molecule has 0 radical (unpaired) electrons. The van der Waals surface area contributed by atoms with E-state index in [0.717, 1.165) is 12.1 Å². The summed E-state index contributed by atoms with van der Waals surface area (Å²) in [6, 6.07) is 6.46. The minimum absolute atomic E-state index is 0. The predicted molar refractivity (Wildman–Crippen MR) is 68.7 cm³/mol. The average Bonchev–Trinajstić information content (AvgIpc) is 2.24. The first-order valence-electron chi connectivity index (χ1n) is 5.56. The Balaban J connectivity index is 0.00000144. The fourth-order valence-corrected chi connectivity index (χ4v) is 1.80. The topological polar surface area (TPSA) is 21.3 Å². The molecule has 1 N–H and O–H groups in total. The van der Waals surface area contributed by atoms with Crippen LogP contribution >= 0.6 is 12.4 Å². The van der Waals surface area contributed by atoms with Crippen LogP contribution in [0.3, 0.4) is 0 Å². The molecule has 1 heterocycles. The highest BCUT2D eigenvalue weighted by molar-refractivity contribution is 5.85. The third kappa shape index (κ3) is 3.18. The van der Waals surface area contributed by atoms with Crippen LogP contribution in [-0.2, 0) is 10.5 Å². The van der Waals surface area contributed by atoms with Gasteiger partial charge in [-0.3, -0.25) is 5.32 Å². The Kier molecular flexibility index (Phi) is 4.18. The fourth-order valence-electron chi connectivity index (χ4n) is 1.80. The van der Waals surface area contributed by atoms with Crippen LogP contribution in [0.2, 0.25) is 0 Å². The molecular weight excluding hydrogens is 241 g/mol. The Hall–Kier alpha value is -0.640. The van der Waals surface area contributed by atoms with Gasteiger partial charge in [0.05, 0.1) is 6.61 Å². The third-order valence-corrected chi connectivity index (χ3v) is 3.05. The summed E-state index contributed by atoms with van der Waals surface area (Å²) in [5, 5.41) is 3.38. The van der Waals surface area contributed by atoms with Crippen molar-refractivity contribution in [3.63, 3.8) is 0 Å². The van der Waals surface area contributed by atoms with E-state index in [0.29, 0.717) is 6.61 Å². The normalized spacial score (nSPS) is 27.3. The number of nitrogens with one attached hydrogen (secondary N) is 1. The van der Waals surface area contributed by atoms with Crippen molar-refractivity contribution in [2.45, 2.75) is 26.5 Å². The summed E-state index contributed by atoms with van der Waals surface area (Å²) in [5.74, 6) is -0.219. The van der Waals surface area contributed by atoms with Crippen molar-refractivity contribution < 1.29 is 9.13 Å². The minimum atomic E-state index is -0.497. The molecule has 2 rings (SSSR count). The first-order valence-corrected chi connectivity index (χ1v) is 5.56. The van der Waals surface area contributed by atoms with E-state index in [1.807, 2.05) is 6.92 Å². The van der Waals surface area contributed by atoms with E-state index in [4.69, 9.17) is 4.74 Å². The maximum Gasteiger partial charge on any atom is 0.142 e. The predicted octanol–water partition coefficient (Wildman–Crippen LogP) is 3.07. The fraction of sp³-hybridized carbons (Fsp3) is 0.538. The summed E-state index contributed by atoms with van der Waals surface area (Å²) in [6.45, 7) is 7.89. The number of ether oxygens (including phenoxy) is 1. The Morgan fingerprint density at radius 3 is 2.24 bits per heavy atom. The monoisotopic (exact) mass is 259 g/mol. The largest absolute Gasteiger partial charge is 0.356 e. The van der Waals surface area contributed by atoms with Gasteiger partial charge in [-0.1, -0.05) is 26.0 Å². The van der Waals surface area contributed by atoms with E-state index < -0.39 is 5.72 Å². The molecule has 96 valence electrons. The van der Waals surface area contributed by atoms with Crippen LogP contribution in [-0.4, -0.2) is 13.2 Å². The van der Waals surface area contributed by atoms with E-state index in [1.54, 1.807) is 12.1 Å². The second-order valence-electron chi connectivity index (χ2n) is 5.35. The lowest BCUT2D eigenvalue weighted by Gasteiger charge is -2.42. The van der Waals surface area contributed by atoms with Gasteiger partial charge in [0.15, 0.2) is 0 Å². The molecule has 1 saturated heterocycles. The van der Waals surface area contributed by atoms with Crippen LogP contribution in [0.5, 0.6) is 0 Å². The molecule has 0 spiro atoms. The van der Waals surface area contributed by atoms with Gasteiger partial charge in [-0.25, -0.2) is 4.39 Å². The number of hydrogen-bond donors (Lipinski definition) is 1. The molecule has 1 aliphatic rings. The highest BCUT2D eigenvalue weighted by atomic mass is 35.5. The lowest BCUT2D eigenvalue weighted by molar-refractivity contribution is -0.131. The van der Waals surface area contributed by atoms with Crippen molar-refractivity contribution in [1.82, 2.24) is 5.32 Å². The molecule has 17 heavy (non-hydrogen) atoms. The Bertz CT molecular complexity index is 368. The quantitative estimate of drug-likeness (QED) is 0.837. The van der Waals surface area contributed by atoms with Gasteiger partial charge in [0.25, 0.3) is 0 Å². The molecule has 0 aliphatic carbocycles. The van der Waals surface area contributed by atoms with E-state index >= 15 is 0 Å². The zero-order valence-corrected chi connectivity index (χ0v) is 11.2. The Morgan fingerprint density at radius 1 is 1.18 bits per heavy atom. The maximum atomic E-state index is 12.8. The summed E-state index contributed by atoms with van der Waals surface area (Å²) in [6.07, 6.45) is 0. The number of rotatable bonds is 1. The smallest absolute Gasteiger partial charge is 0.142 e. The van der Waals surface area contributed by atoms with Gasteiger partial charge >= 0.3 is 0 Å². The van der Waals surface area contributed by atoms with Crippen molar-refractivity contribution in [2.75, 3.05) is 13.2 Å². The second-order valence-corrected chi connectivity index (χ2v) is 5.35. The first kappa shape index (κ1) is 14.4. The second kappa shape index (κ2) is 4.92. The molecule has 0 amide bonds. The van der Waals surface area contributed by atoms with Gasteiger partial charge in [0.2, 0.25) is 0 Å². The zero-order valence-electron chi connectivity index (χ0n) is 10.4. The molecule has 1 aromatic rings. The van der Waals surface area contributed by atoms with E-state index in [2.05, 4.69) is 19.2 Å². The zero-order chi connectivity index (χ0) is 11.8. The van der Waals surface area contributed by atoms with Crippen LogP contribution in [0.1, 0.15) is 26.3 Å². The molecule has 0 bridgehead atoms. The summed E-state index contributed by atoms with van der Waals surface area (Å²) in [4.78, 5) is 0. The van der Waals surface area contributed by atoms with Gasteiger partial charge in [-0.2, -0.15) is 0 Å². The van der Waals surface area contributed by atoms with E-state index in [-0.39, 0.29) is 23.6 Å². The third-order valence-electron chi connectivity index (χ3n) is 3.05. The average molecular weight is 260 g/mol. The van der Waals surface area contributed by atoms with Crippen LogP contribution in [0.15, 0.2) is 24.3 Å². The van der Waals surface area contributed by atoms with Crippen LogP contribution in [0.25, 0.3) is 0 Å². The summed E-state index contributed by atoms with van der Waals surface area (Å²) >= 11 is 0. The van der Waals surface area contributed by atoms with Crippen molar-refractivity contribution in [3.05, 3.63) is 35.6 Å². The van der Waals surface area contributed by atoms with Gasteiger partial charge in [-0.15, -0.1) is 12.4 Å². The summed E-state index contributed by atoms with van der Waals surface area (Å²) in [5.41, 5.74) is 0.618. The van der Waals surface area contributed by atoms with Crippen molar-refractivity contribution in [2.24, 2.45) is 5.41 Å². The van der Waals surface area contributed by atoms with Crippen LogP contribution in [0.4, 0.5) is 4.39 Å². The van der Waals surface area contributed by atoms with Crippen molar-refractivity contribution in [3.8, 4) is 0 Å². The molecule has 1 unspecified atom stereocenters. The molecule has 1 fully saturated rings. The van der Waals surface area contributed by atoms with Crippen LogP contribution in [0, 0.1) is 11.2 Å². The van der Waals surface area contributed by atoms with Gasteiger partial charge in [0, 0.05) is 12.0 Å². The molecule has 0 aromatic heterocycles. The lowest BCUT2D eigenvalue weighted by Crippen LogP contribution is -2.53. The molecule has 1 atom stereocenters. The summed E-state index contributed by atoms with van der Waals surface area (Å²) in [7, 11) is 0. The van der Waals surface area contributed by atoms with Gasteiger partial charge in [-0.05, 0) is 24.6 Å². The highest BCUT2D eigenvalue weighted by Crippen LogP contribution is 2.31. The number of benzene rings is 1. The van der Waals surface area contributed by atoms with Crippen molar-refractivity contribution >= 4 is 12.4 Å². The first-order chi connectivity index (χ1) is 7.41. The molecule has 1 aromatic carbocycles. The number of halogens is 2. The van der Waals surface area contributed by atoms with E-state index in [1.165, 1.54) is 12.1 Å². The molecule has 1 aliphatic heterocycles.